The zero-order valence-electron chi connectivity index (χ0n) is 7.10. The van der Waals surface area contributed by atoms with Crippen LogP contribution in [-0.2, 0) is 6.42 Å². The molecule has 0 aromatic heterocycles. The Kier molecular flexibility index (Phi) is 2.37. The van der Waals surface area contributed by atoms with Crippen molar-refractivity contribution in [2.24, 2.45) is 0 Å². The summed E-state index contributed by atoms with van der Waals surface area (Å²) < 4.78 is 1.35. The molecule has 0 aliphatic carbocycles. The Balaban J connectivity index is 2.46. The van der Waals surface area contributed by atoms with Gasteiger partial charge in [-0.15, -0.1) is 0 Å². The summed E-state index contributed by atoms with van der Waals surface area (Å²) in [4.78, 5) is 0. The number of benzene rings is 1. The van der Waals surface area contributed by atoms with Gasteiger partial charge in [-0.05, 0) is 65.7 Å². The van der Waals surface area contributed by atoms with Gasteiger partial charge in [-0.1, -0.05) is 6.07 Å². The summed E-state index contributed by atoms with van der Waals surface area (Å²) in [5.74, 6) is 0. The molecule has 0 unspecified atom stereocenters. The van der Waals surface area contributed by atoms with E-state index in [1.165, 1.54) is 21.1 Å². The molecule has 1 nitrogen and oxygen atoms in total. The minimum atomic E-state index is 0.533. The maximum atomic E-state index is 3.46. The van der Waals surface area contributed by atoms with Crippen molar-refractivity contribution < 1.29 is 0 Å². The number of rotatable bonds is 0. The van der Waals surface area contributed by atoms with E-state index in [0.717, 1.165) is 6.54 Å². The molecule has 0 saturated heterocycles. The number of hydrogen-bond donors (Lipinski definition) is 1. The fraction of sp³-hybridized carbons (Fsp3) is 0.400. The first-order chi connectivity index (χ1) is 5.77. The summed E-state index contributed by atoms with van der Waals surface area (Å²) in [6, 6.07) is 7.26. The van der Waals surface area contributed by atoms with Crippen LogP contribution >= 0.6 is 22.6 Å². The van der Waals surface area contributed by atoms with Crippen LogP contribution < -0.4 is 5.32 Å². The molecule has 0 radical (unpaired) electrons. The van der Waals surface area contributed by atoms with Gasteiger partial charge in [0.25, 0.3) is 0 Å². The fourth-order valence-corrected chi connectivity index (χ4v) is 2.30. The van der Waals surface area contributed by atoms with Crippen LogP contribution in [0.25, 0.3) is 0 Å². The summed E-state index contributed by atoms with van der Waals surface area (Å²) in [5.41, 5.74) is 3.00. The van der Waals surface area contributed by atoms with Gasteiger partial charge in [0.2, 0.25) is 0 Å². The molecule has 1 N–H and O–H groups in total. The highest BCUT2D eigenvalue weighted by molar-refractivity contribution is 14.1. The Morgan fingerprint density at radius 2 is 2.33 bits per heavy atom. The van der Waals surface area contributed by atoms with E-state index in [0.29, 0.717) is 6.04 Å². The molecule has 1 aliphatic heterocycles. The van der Waals surface area contributed by atoms with Crippen molar-refractivity contribution >= 4 is 22.6 Å². The van der Waals surface area contributed by atoms with Crippen LogP contribution in [0.2, 0.25) is 0 Å². The standard InChI is InChI=1S/C10H12IN/c1-7-10-3-2-9(11)6-8(10)4-5-12-7/h2-3,6-7,12H,4-5H2,1H3/t7-/m1/s1. The van der Waals surface area contributed by atoms with Crippen LogP contribution in [0.4, 0.5) is 0 Å². The van der Waals surface area contributed by atoms with E-state index in [2.05, 4.69) is 53.0 Å². The van der Waals surface area contributed by atoms with Gasteiger partial charge in [0.1, 0.15) is 0 Å². The summed E-state index contributed by atoms with van der Waals surface area (Å²) in [5, 5.41) is 3.46. The van der Waals surface area contributed by atoms with E-state index in [9.17, 15) is 0 Å². The lowest BCUT2D eigenvalue weighted by molar-refractivity contribution is 0.541. The first-order valence-corrected chi connectivity index (χ1v) is 5.37. The first kappa shape index (κ1) is 8.51. The van der Waals surface area contributed by atoms with Crippen LogP contribution in [0.3, 0.4) is 0 Å². The maximum Gasteiger partial charge on any atom is 0.0294 e. The number of fused-ring (bicyclic) bond motifs is 1. The van der Waals surface area contributed by atoms with E-state index >= 15 is 0 Å². The summed E-state index contributed by atoms with van der Waals surface area (Å²) >= 11 is 2.37. The summed E-state index contributed by atoms with van der Waals surface area (Å²) in [7, 11) is 0. The minimum absolute atomic E-state index is 0.533. The van der Waals surface area contributed by atoms with E-state index in [-0.39, 0.29) is 0 Å². The van der Waals surface area contributed by atoms with Crippen molar-refractivity contribution in [3.05, 3.63) is 32.9 Å². The number of halogens is 1. The van der Waals surface area contributed by atoms with Crippen LogP contribution in [0.1, 0.15) is 24.1 Å². The highest BCUT2D eigenvalue weighted by Crippen LogP contribution is 2.23. The molecule has 1 aromatic carbocycles. The van der Waals surface area contributed by atoms with Gasteiger partial charge in [-0.25, -0.2) is 0 Å². The zero-order chi connectivity index (χ0) is 8.55. The van der Waals surface area contributed by atoms with Crippen LogP contribution in [0.5, 0.6) is 0 Å². The van der Waals surface area contributed by atoms with Crippen LogP contribution in [-0.4, -0.2) is 6.54 Å². The van der Waals surface area contributed by atoms with E-state index in [4.69, 9.17) is 0 Å². The Hall–Kier alpha value is -0.0900. The summed E-state index contributed by atoms with van der Waals surface area (Å²) in [6.45, 7) is 3.35. The van der Waals surface area contributed by atoms with Gasteiger partial charge in [0, 0.05) is 9.61 Å². The third-order valence-corrected chi connectivity index (χ3v) is 3.09. The van der Waals surface area contributed by atoms with Crippen molar-refractivity contribution in [3.8, 4) is 0 Å². The van der Waals surface area contributed by atoms with Gasteiger partial charge < -0.3 is 5.32 Å². The SMILES string of the molecule is C[C@H]1NCCc2cc(I)ccc21. The highest BCUT2D eigenvalue weighted by atomic mass is 127. The largest absolute Gasteiger partial charge is 0.310 e. The lowest BCUT2D eigenvalue weighted by Gasteiger charge is -2.23. The average Bonchev–Trinajstić information content (AvgIpc) is 2.04. The second-order valence-corrected chi connectivity index (χ2v) is 4.51. The molecule has 2 heteroatoms. The predicted molar refractivity (Wildman–Crippen MR) is 59.3 cm³/mol. The molecule has 0 amide bonds. The molecule has 0 spiro atoms. The van der Waals surface area contributed by atoms with Crippen LogP contribution in [0, 0.1) is 3.57 Å². The molecule has 0 bridgehead atoms. The second-order valence-electron chi connectivity index (χ2n) is 3.27. The Labute approximate surface area is 86.7 Å². The Bertz CT molecular complexity index is 296. The Morgan fingerprint density at radius 3 is 3.17 bits per heavy atom. The third kappa shape index (κ3) is 1.50. The van der Waals surface area contributed by atoms with Crippen molar-refractivity contribution in [2.45, 2.75) is 19.4 Å². The van der Waals surface area contributed by atoms with Gasteiger partial charge in [-0.3, -0.25) is 0 Å². The van der Waals surface area contributed by atoms with Crippen molar-refractivity contribution in [3.63, 3.8) is 0 Å². The first-order valence-electron chi connectivity index (χ1n) is 4.29. The third-order valence-electron chi connectivity index (χ3n) is 2.42. The van der Waals surface area contributed by atoms with Gasteiger partial charge >= 0.3 is 0 Å². The molecule has 64 valence electrons. The molecule has 1 aliphatic rings. The number of hydrogen-bond acceptors (Lipinski definition) is 1. The molecular weight excluding hydrogens is 261 g/mol. The lowest BCUT2D eigenvalue weighted by atomic mass is 9.96. The Morgan fingerprint density at radius 1 is 1.50 bits per heavy atom. The van der Waals surface area contributed by atoms with Crippen molar-refractivity contribution in [1.82, 2.24) is 5.32 Å². The van der Waals surface area contributed by atoms with E-state index in [1.54, 1.807) is 0 Å². The zero-order valence-corrected chi connectivity index (χ0v) is 9.26. The molecule has 1 heterocycles. The summed E-state index contributed by atoms with van der Waals surface area (Å²) in [6.07, 6.45) is 1.18. The lowest BCUT2D eigenvalue weighted by Crippen LogP contribution is -2.27. The molecule has 0 saturated carbocycles. The molecular formula is C10H12IN. The van der Waals surface area contributed by atoms with Crippen LogP contribution in [0.15, 0.2) is 18.2 Å². The predicted octanol–water partition coefficient (Wildman–Crippen LogP) is 2.50. The fourth-order valence-electron chi connectivity index (χ4n) is 1.75. The molecule has 1 atom stereocenters. The molecule has 1 aromatic rings. The molecule has 0 fully saturated rings. The normalized spacial score (nSPS) is 22.0. The average molecular weight is 273 g/mol. The van der Waals surface area contributed by atoms with Gasteiger partial charge in [0.15, 0.2) is 0 Å². The van der Waals surface area contributed by atoms with E-state index < -0.39 is 0 Å². The van der Waals surface area contributed by atoms with E-state index in [1.807, 2.05) is 0 Å². The quantitative estimate of drug-likeness (QED) is 0.716. The van der Waals surface area contributed by atoms with Crippen molar-refractivity contribution in [2.75, 3.05) is 6.54 Å². The monoisotopic (exact) mass is 273 g/mol. The maximum absolute atomic E-state index is 3.46. The highest BCUT2D eigenvalue weighted by Gasteiger charge is 2.14. The number of nitrogens with one attached hydrogen (secondary N) is 1. The topological polar surface area (TPSA) is 12.0 Å². The van der Waals surface area contributed by atoms with Crippen molar-refractivity contribution in [1.29, 1.82) is 0 Å². The van der Waals surface area contributed by atoms with Gasteiger partial charge in [-0.2, -0.15) is 0 Å². The molecule has 2 rings (SSSR count). The smallest absolute Gasteiger partial charge is 0.0294 e. The van der Waals surface area contributed by atoms with Gasteiger partial charge in [0.05, 0.1) is 0 Å². The molecule has 12 heavy (non-hydrogen) atoms. The minimum Gasteiger partial charge on any atom is -0.310 e. The second kappa shape index (κ2) is 3.34.